The Hall–Kier alpha value is -2.72. The van der Waals surface area contributed by atoms with Gasteiger partial charge in [0.2, 0.25) is 0 Å². The maximum Gasteiger partial charge on any atom is 0.185 e. The molecule has 3 rings (SSSR count). The van der Waals surface area contributed by atoms with E-state index in [4.69, 9.17) is 0 Å². The van der Waals surface area contributed by atoms with Crippen molar-refractivity contribution in [3.8, 4) is 11.1 Å². The Morgan fingerprint density at radius 2 is 1.32 bits per heavy atom. The molecule has 3 aromatic rings. The number of rotatable bonds is 5. The summed E-state index contributed by atoms with van der Waals surface area (Å²) in [7, 11) is -3.64. The fourth-order valence-corrected chi connectivity index (χ4v) is 3.79. The molecule has 25 heavy (non-hydrogen) atoms. The van der Waals surface area contributed by atoms with E-state index in [-0.39, 0.29) is 4.90 Å². The molecule has 0 aromatic heterocycles. The molecular weight excluding hydrogens is 332 g/mol. The van der Waals surface area contributed by atoms with Crippen molar-refractivity contribution in [2.24, 2.45) is 0 Å². The molecule has 0 amide bonds. The van der Waals surface area contributed by atoms with Crippen molar-refractivity contribution in [2.75, 3.05) is 5.75 Å². The van der Waals surface area contributed by atoms with E-state index >= 15 is 0 Å². The summed E-state index contributed by atoms with van der Waals surface area (Å²) in [5.74, 6) is -0.930. The predicted molar refractivity (Wildman–Crippen MR) is 99.4 cm³/mol. The Kier molecular flexibility index (Phi) is 4.81. The monoisotopic (exact) mass is 350 g/mol. The fourth-order valence-electron chi connectivity index (χ4n) is 2.56. The van der Waals surface area contributed by atoms with E-state index in [2.05, 4.69) is 0 Å². The maximum atomic E-state index is 12.4. The highest BCUT2D eigenvalue weighted by Crippen LogP contribution is 2.20. The van der Waals surface area contributed by atoms with Crippen LogP contribution < -0.4 is 0 Å². The van der Waals surface area contributed by atoms with Crippen LogP contribution >= 0.6 is 0 Å². The summed E-state index contributed by atoms with van der Waals surface area (Å²) >= 11 is 0. The van der Waals surface area contributed by atoms with E-state index in [1.807, 2.05) is 49.4 Å². The topological polar surface area (TPSA) is 51.2 Å². The molecule has 0 fully saturated rings. The Morgan fingerprint density at radius 3 is 1.92 bits per heavy atom. The van der Waals surface area contributed by atoms with Gasteiger partial charge in [-0.15, -0.1) is 0 Å². The van der Waals surface area contributed by atoms with Crippen LogP contribution in [0, 0.1) is 6.92 Å². The largest absolute Gasteiger partial charge is 0.293 e. The predicted octanol–water partition coefficient (Wildman–Crippen LogP) is 4.32. The van der Waals surface area contributed by atoms with Crippen molar-refractivity contribution in [2.45, 2.75) is 11.8 Å². The normalized spacial score (nSPS) is 11.2. The summed E-state index contributed by atoms with van der Waals surface area (Å²) in [6.07, 6.45) is 0. The van der Waals surface area contributed by atoms with E-state index in [1.54, 1.807) is 24.3 Å². The number of benzene rings is 3. The Balaban J connectivity index is 1.78. The van der Waals surface area contributed by atoms with E-state index < -0.39 is 21.4 Å². The molecule has 0 bridgehead atoms. The molecule has 0 atom stereocenters. The molecule has 0 unspecified atom stereocenters. The lowest BCUT2D eigenvalue weighted by Crippen LogP contribution is -2.16. The molecule has 0 N–H and O–H groups in total. The van der Waals surface area contributed by atoms with Crippen LogP contribution in [0.4, 0.5) is 0 Å². The number of Topliss-reactive ketones (excluding diaryl/α,β-unsaturated/α-hetero) is 1. The van der Waals surface area contributed by atoms with Gasteiger partial charge in [0.1, 0.15) is 5.75 Å². The molecule has 3 aromatic carbocycles. The second kappa shape index (κ2) is 7.03. The molecule has 0 aliphatic carbocycles. The van der Waals surface area contributed by atoms with Gasteiger partial charge in [0.25, 0.3) is 0 Å². The number of hydrogen-bond donors (Lipinski definition) is 0. The summed E-state index contributed by atoms with van der Waals surface area (Å²) < 4.78 is 24.8. The van der Waals surface area contributed by atoms with Crippen LogP contribution in [0.1, 0.15) is 15.9 Å². The van der Waals surface area contributed by atoms with Crippen LogP contribution in [0.2, 0.25) is 0 Å². The molecule has 3 nitrogen and oxygen atoms in total. The molecule has 0 saturated carbocycles. The minimum absolute atomic E-state index is 0.173. The van der Waals surface area contributed by atoms with Crippen LogP contribution in [-0.2, 0) is 9.84 Å². The molecule has 0 radical (unpaired) electrons. The first-order valence-corrected chi connectivity index (χ1v) is 9.59. The Labute approximate surface area is 147 Å². The number of hydrogen-bond acceptors (Lipinski definition) is 3. The average Bonchev–Trinajstić information content (AvgIpc) is 2.62. The third kappa shape index (κ3) is 4.03. The van der Waals surface area contributed by atoms with E-state index in [0.717, 1.165) is 16.7 Å². The van der Waals surface area contributed by atoms with Crippen LogP contribution in [-0.4, -0.2) is 20.0 Å². The second-order valence-electron chi connectivity index (χ2n) is 5.94. The zero-order chi connectivity index (χ0) is 17.9. The van der Waals surface area contributed by atoms with Gasteiger partial charge in [-0.05, 0) is 30.2 Å². The van der Waals surface area contributed by atoms with Gasteiger partial charge < -0.3 is 0 Å². The van der Waals surface area contributed by atoms with Crippen molar-refractivity contribution in [1.29, 1.82) is 0 Å². The summed E-state index contributed by atoms with van der Waals surface area (Å²) in [6.45, 7) is 1.88. The smallest absolute Gasteiger partial charge is 0.185 e. The minimum Gasteiger partial charge on any atom is -0.293 e. The van der Waals surface area contributed by atoms with Gasteiger partial charge in [-0.1, -0.05) is 72.3 Å². The number of ketones is 1. The highest BCUT2D eigenvalue weighted by Gasteiger charge is 2.20. The van der Waals surface area contributed by atoms with E-state index in [9.17, 15) is 13.2 Å². The van der Waals surface area contributed by atoms with Gasteiger partial charge in [-0.2, -0.15) is 0 Å². The van der Waals surface area contributed by atoms with Crippen molar-refractivity contribution in [3.05, 3.63) is 90.0 Å². The van der Waals surface area contributed by atoms with E-state index in [0.29, 0.717) is 5.56 Å². The molecule has 0 spiro atoms. The average molecular weight is 350 g/mol. The highest BCUT2D eigenvalue weighted by molar-refractivity contribution is 7.92. The number of aryl methyl sites for hydroxylation is 1. The van der Waals surface area contributed by atoms with Crippen molar-refractivity contribution < 1.29 is 13.2 Å². The lowest BCUT2D eigenvalue weighted by Gasteiger charge is -2.06. The first-order chi connectivity index (χ1) is 12.0. The van der Waals surface area contributed by atoms with E-state index in [1.165, 1.54) is 12.1 Å². The third-order valence-electron chi connectivity index (χ3n) is 4.02. The van der Waals surface area contributed by atoms with Crippen molar-refractivity contribution in [3.63, 3.8) is 0 Å². The van der Waals surface area contributed by atoms with Crippen LogP contribution in [0.25, 0.3) is 11.1 Å². The van der Waals surface area contributed by atoms with Crippen LogP contribution in [0.5, 0.6) is 0 Å². The molecule has 0 saturated heterocycles. The number of carbonyl (C=O) groups is 1. The van der Waals surface area contributed by atoms with Crippen LogP contribution in [0.15, 0.2) is 83.8 Å². The van der Waals surface area contributed by atoms with Gasteiger partial charge in [-0.3, -0.25) is 4.79 Å². The standard InChI is InChI=1S/C21H18O3S/c1-16-7-13-20(14-8-16)25(23,24)15-21(22)19-11-9-18(10-12-19)17-5-3-2-4-6-17/h2-14H,15H2,1H3. The number of sulfone groups is 1. The molecule has 0 heterocycles. The molecule has 4 heteroatoms. The summed E-state index contributed by atoms with van der Waals surface area (Å²) in [4.78, 5) is 12.5. The second-order valence-corrected chi connectivity index (χ2v) is 7.93. The summed E-state index contributed by atoms with van der Waals surface area (Å²) in [5.41, 5.74) is 3.41. The van der Waals surface area contributed by atoms with Gasteiger partial charge in [0, 0.05) is 5.56 Å². The SMILES string of the molecule is Cc1ccc(S(=O)(=O)CC(=O)c2ccc(-c3ccccc3)cc2)cc1. The fraction of sp³-hybridized carbons (Fsp3) is 0.0952. The third-order valence-corrected chi connectivity index (χ3v) is 5.65. The molecule has 0 aliphatic rings. The Bertz CT molecular complexity index is 972. The summed E-state index contributed by atoms with van der Waals surface area (Å²) in [5, 5.41) is 0. The van der Waals surface area contributed by atoms with Crippen molar-refractivity contribution in [1.82, 2.24) is 0 Å². The zero-order valence-electron chi connectivity index (χ0n) is 13.8. The maximum absolute atomic E-state index is 12.4. The molecule has 0 aliphatic heterocycles. The molecule has 126 valence electrons. The highest BCUT2D eigenvalue weighted by atomic mass is 32.2. The lowest BCUT2D eigenvalue weighted by atomic mass is 10.0. The van der Waals surface area contributed by atoms with Gasteiger partial charge in [0.05, 0.1) is 4.90 Å². The zero-order valence-corrected chi connectivity index (χ0v) is 14.7. The minimum atomic E-state index is -3.64. The first kappa shape index (κ1) is 17.1. The van der Waals surface area contributed by atoms with Crippen LogP contribution in [0.3, 0.4) is 0 Å². The van der Waals surface area contributed by atoms with Gasteiger partial charge in [0.15, 0.2) is 15.6 Å². The Morgan fingerprint density at radius 1 is 0.760 bits per heavy atom. The molecular formula is C21H18O3S. The van der Waals surface area contributed by atoms with Gasteiger partial charge in [-0.25, -0.2) is 8.42 Å². The van der Waals surface area contributed by atoms with Gasteiger partial charge >= 0.3 is 0 Å². The quantitative estimate of drug-likeness (QED) is 0.644. The number of carbonyl (C=O) groups excluding carboxylic acids is 1. The lowest BCUT2D eigenvalue weighted by molar-refractivity contribution is 0.102. The summed E-state index contributed by atoms with van der Waals surface area (Å²) in [6, 6.07) is 23.4. The first-order valence-electron chi connectivity index (χ1n) is 7.94. The van der Waals surface area contributed by atoms with Crippen molar-refractivity contribution >= 4 is 15.6 Å².